The third-order valence-electron chi connectivity index (χ3n) is 9.06. The predicted octanol–water partition coefficient (Wildman–Crippen LogP) is 6.71. The van der Waals surface area contributed by atoms with Crippen molar-refractivity contribution in [2.45, 2.75) is 77.3 Å². The number of alkyl halides is 3. The SMILES string of the molecule is CCCCN1/C(=C/C2=C([O-])C(=C\C3=[N+](CCCC(F)(F)F)c4ccccc4C3(C)C)/C2=O)C(C)(C)c2cc(C(=O)O)ccc21. The number of hydrogen-bond acceptors (Lipinski definition) is 4. The minimum absolute atomic E-state index is 0.00939. The largest absolute Gasteiger partial charge is 0.871 e. The lowest BCUT2D eigenvalue weighted by Gasteiger charge is -2.33. The minimum Gasteiger partial charge on any atom is -0.871 e. The maximum Gasteiger partial charge on any atom is 0.389 e. The van der Waals surface area contributed by atoms with Crippen molar-refractivity contribution in [2.24, 2.45) is 0 Å². The van der Waals surface area contributed by atoms with Gasteiger partial charge in [0.05, 0.1) is 11.0 Å². The molecule has 0 radical (unpaired) electrons. The van der Waals surface area contributed by atoms with Gasteiger partial charge in [0.25, 0.3) is 0 Å². The number of benzene rings is 2. The normalized spacial score (nSPS) is 20.5. The van der Waals surface area contributed by atoms with Gasteiger partial charge in [-0.15, -0.1) is 0 Å². The van der Waals surface area contributed by atoms with E-state index < -0.39 is 40.9 Å². The summed E-state index contributed by atoms with van der Waals surface area (Å²) < 4.78 is 40.8. The number of halogens is 3. The Bertz CT molecular complexity index is 1670. The number of ketones is 1. The van der Waals surface area contributed by atoms with Gasteiger partial charge in [-0.25, -0.2) is 4.79 Å². The van der Waals surface area contributed by atoms with E-state index in [0.717, 1.165) is 41.0 Å². The summed E-state index contributed by atoms with van der Waals surface area (Å²) >= 11 is 0. The van der Waals surface area contributed by atoms with Crippen LogP contribution in [0.3, 0.4) is 0 Å². The maximum atomic E-state index is 13.6. The van der Waals surface area contributed by atoms with E-state index >= 15 is 0 Å². The Morgan fingerprint density at radius 3 is 2.36 bits per heavy atom. The number of hydrogen-bond donors (Lipinski definition) is 1. The number of aromatic carboxylic acids is 1. The van der Waals surface area contributed by atoms with Gasteiger partial charge in [-0.3, -0.25) is 4.79 Å². The van der Waals surface area contributed by atoms with Gasteiger partial charge in [-0.1, -0.05) is 51.2 Å². The molecule has 0 fully saturated rings. The molecule has 3 aliphatic rings. The highest BCUT2D eigenvalue weighted by molar-refractivity contribution is 6.24. The van der Waals surface area contributed by atoms with Crippen LogP contribution in [-0.4, -0.2) is 46.4 Å². The standard InChI is InChI=1S/C35H37F3N2O4/c1-6-7-16-39-27-14-13-21(32(43)44)18-25(27)34(4,5)29(39)20-23-30(41)22(31(23)42)19-28-33(2,3)24-11-8-9-12-26(24)40(28)17-10-15-35(36,37)38/h8-9,11-14,18-20H,6-7,10,15-17H2,1-5H3,(H-,41,42,43,44). The number of allylic oxidation sites excluding steroid dienone is 5. The quantitative estimate of drug-likeness (QED) is 0.254. The zero-order valence-corrected chi connectivity index (χ0v) is 25.6. The third-order valence-corrected chi connectivity index (χ3v) is 9.06. The molecule has 0 unspecified atom stereocenters. The molecule has 9 heteroatoms. The van der Waals surface area contributed by atoms with Crippen LogP contribution in [0.2, 0.25) is 0 Å². The van der Waals surface area contributed by atoms with Gasteiger partial charge in [-0.05, 0) is 50.1 Å². The highest BCUT2D eigenvalue weighted by atomic mass is 19.4. The molecular formula is C35H37F3N2O4. The molecule has 2 aromatic rings. The van der Waals surface area contributed by atoms with E-state index in [2.05, 4.69) is 11.8 Å². The second-order valence-electron chi connectivity index (χ2n) is 12.7. The molecule has 5 rings (SSSR count). The van der Waals surface area contributed by atoms with E-state index in [9.17, 15) is 33.0 Å². The molecule has 0 aromatic heterocycles. The number of rotatable bonds is 9. The van der Waals surface area contributed by atoms with Crippen molar-refractivity contribution in [3.8, 4) is 0 Å². The van der Waals surface area contributed by atoms with Crippen LogP contribution in [0.4, 0.5) is 24.5 Å². The van der Waals surface area contributed by atoms with Gasteiger partial charge in [0.15, 0.2) is 11.5 Å². The van der Waals surface area contributed by atoms with Crippen LogP contribution in [-0.2, 0) is 15.6 Å². The monoisotopic (exact) mass is 606 g/mol. The van der Waals surface area contributed by atoms with Gasteiger partial charge in [0.2, 0.25) is 5.69 Å². The Labute approximate surface area is 255 Å². The zero-order chi connectivity index (χ0) is 32.2. The lowest BCUT2D eigenvalue weighted by atomic mass is 9.77. The smallest absolute Gasteiger partial charge is 0.389 e. The third kappa shape index (κ3) is 5.26. The van der Waals surface area contributed by atoms with Crippen molar-refractivity contribution in [2.75, 3.05) is 18.0 Å². The van der Waals surface area contributed by atoms with E-state index in [1.165, 1.54) is 0 Å². The molecular weight excluding hydrogens is 569 g/mol. The van der Waals surface area contributed by atoms with Crippen molar-refractivity contribution in [1.82, 2.24) is 0 Å². The van der Waals surface area contributed by atoms with E-state index in [1.54, 1.807) is 34.9 Å². The first-order valence-corrected chi connectivity index (χ1v) is 15.0. The number of anilines is 1. The lowest BCUT2D eigenvalue weighted by Crippen LogP contribution is -2.35. The first kappa shape index (κ1) is 31.3. The second-order valence-corrected chi connectivity index (χ2v) is 12.7. The average molecular weight is 607 g/mol. The Hall–Kier alpha value is -4.14. The molecule has 2 aliphatic heterocycles. The molecule has 0 saturated heterocycles. The van der Waals surface area contributed by atoms with E-state index in [1.807, 2.05) is 52.0 Å². The molecule has 0 amide bonds. The van der Waals surface area contributed by atoms with Crippen LogP contribution >= 0.6 is 0 Å². The summed E-state index contributed by atoms with van der Waals surface area (Å²) in [7, 11) is 0. The summed E-state index contributed by atoms with van der Waals surface area (Å²) in [6.45, 7) is 10.6. The zero-order valence-electron chi connectivity index (χ0n) is 25.6. The highest BCUT2D eigenvalue weighted by Gasteiger charge is 2.46. The first-order chi connectivity index (χ1) is 20.6. The van der Waals surface area contributed by atoms with E-state index in [-0.39, 0.29) is 29.7 Å². The maximum absolute atomic E-state index is 13.6. The first-order valence-electron chi connectivity index (χ1n) is 15.0. The van der Waals surface area contributed by atoms with Crippen LogP contribution in [0.25, 0.3) is 0 Å². The van der Waals surface area contributed by atoms with Crippen LogP contribution in [0, 0.1) is 0 Å². The average Bonchev–Trinajstić information content (AvgIpc) is 3.30. The molecule has 0 spiro atoms. The molecule has 6 nitrogen and oxygen atoms in total. The predicted molar refractivity (Wildman–Crippen MR) is 161 cm³/mol. The van der Waals surface area contributed by atoms with Gasteiger partial charge in [-0.2, -0.15) is 17.7 Å². The number of carbonyl (C=O) groups excluding carboxylic acids is 1. The molecule has 44 heavy (non-hydrogen) atoms. The number of para-hydroxylation sites is 1. The number of carboxylic acids is 1. The highest BCUT2D eigenvalue weighted by Crippen LogP contribution is 2.49. The number of nitrogens with zero attached hydrogens (tertiary/aromatic N) is 2. The van der Waals surface area contributed by atoms with Crippen molar-refractivity contribution in [3.05, 3.63) is 93.9 Å². The molecule has 0 bridgehead atoms. The number of carbonyl (C=O) groups is 2. The fourth-order valence-electron chi connectivity index (χ4n) is 6.57. The molecule has 1 N–H and O–H groups in total. The Balaban J connectivity index is 1.56. The Kier molecular flexibility index (Phi) is 7.89. The Morgan fingerprint density at radius 1 is 1.02 bits per heavy atom. The van der Waals surface area contributed by atoms with Crippen molar-refractivity contribution in [1.29, 1.82) is 0 Å². The van der Waals surface area contributed by atoms with E-state index in [0.29, 0.717) is 12.3 Å². The van der Waals surface area contributed by atoms with Crippen LogP contribution in [0.15, 0.2) is 77.2 Å². The summed E-state index contributed by atoms with van der Waals surface area (Å²) in [5, 5.41) is 23.2. The van der Waals surface area contributed by atoms with Crippen LogP contribution < -0.4 is 10.0 Å². The van der Waals surface area contributed by atoms with E-state index in [4.69, 9.17) is 0 Å². The molecule has 0 atom stereocenters. The summed E-state index contributed by atoms with van der Waals surface area (Å²) in [6, 6.07) is 12.5. The molecule has 0 saturated carbocycles. The lowest BCUT2D eigenvalue weighted by molar-refractivity contribution is -0.439. The number of Topliss-reactive ketones (excluding diaryl/α,β-unsaturated/α-hetero) is 1. The van der Waals surface area contributed by atoms with Gasteiger partial charge >= 0.3 is 12.1 Å². The molecule has 1 aliphatic carbocycles. The summed E-state index contributed by atoms with van der Waals surface area (Å²) in [5.74, 6) is -1.85. The van der Waals surface area contributed by atoms with Gasteiger partial charge < -0.3 is 15.1 Å². The second kappa shape index (κ2) is 11.1. The summed E-state index contributed by atoms with van der Waals surface area (Å²) in [6.07, 6.45) is -0.364. The fourth-order valence-corrected chi connectivity index (χ4v) is 6.57. The number of fused-ring (bicyclic) bond motifs is 2. The van der Waals surface area contributed by atoms with Gasteiger partial charge in [0.1, 0.15) is 6.54 Å². The van der Waals surface area contributed by atoms with Gasteiger partial charge in [0, 0.05) is 65.0 Å². The fraction of sp³-hybridized carbons (Fsp3) is 0.400. The summed E-state index contributed by atoms with van der Waals surface area (Å²) in [5.41, 5.74) is 3.64. The topological polar surface area (TPSA) is 83.7 Å². The Morgan fingerprint density at radius 2 is 1.73 bits per heavy atom. The van der Waals surface area contributed by atoms with Crippen molar-refractivity contribution in [3.63, 3.8) is 0 Å². The van der Waals surface area contributed by atoms with Crippen molar-refractivity contribution >= 4 is 28.8 Å². The number of unbranched alkanes of at least 4 members (excludes halogenated alkanes) is 1. The van der Waals surface area contributed by atoms with Crippen LogP contribution in [0.5, 0.6) is 0 Å². The van der Waals surface area contributed by atoms with Crippen molar-refractivity contribution < 1.29 is 37.5 Å². The molecule has 232 valence electrons. The molecule has 2 heterocycles. The molecule has 2 aromatic carbocycles. The summed E-state index contributed by atoms with van der Waals surface area (Å²) in [4.78, 5) is 27.4. The minimum atomic E-state index is -4.28. The van der Waals surface area contributed by atoms with Crippen LogP contribution in [0.1, 0.15) is 81.8 Å². The number of carboxylic acid groups (broad SMARTS) is 1.